The molecule has 1 aromatic rings. The lowest BCUT2D eigenvalue weighted by molar-refractivity contribution is 0.330. The fourth-order valence-electron chi connectivity index (χ4n) is 1.19. The Morgan fingerprint density at radius 3 is 2.92 bits per heavy atom. The summed E-state index contributed by atoms with van der Waals surface area (Å²) in [6, 6.07) is 2.15. The fraction of sp³-hybridized carbons (Fsp3) is 0.556. The van der Waals surface area contributed by atoms with Gasteiger partial charge < -0.3 is 4.90 Å². The Balaban J connectivity index is 2.32. The maximum Gasteiger partial charge on any atom is 0.0435 e. The summed E-state index contributed by atoms with van der Waals surface area (Å²) in [5.41, 5.74) is 1.37. The van der Waals surface area contributed by atoms with Crippen LogP contribution in [0.4, 0.5) is 0 Å². The van der Waals surface area contributed by atoms with Crippen molar-refractivity contribution in [1.29, 1.82) is 0 Å². The highest BCUT2D eigenvalue weighted by Gasteiger charge is 2.03. The minimum absolute atomic E-state index is 0.230. The summed E-state index contributed by atoms with van der Waals surface area (Å²) in [6.07, 6.45) is 0. The van der Waals surface area contributed by atoms with E-state index in [-0.39, 0.29) is 5.38 Å². The van der Waals surface area contributed by atoms with Crippen LogP contribution in [0, 0.1) is 0 Å². The summed E-state index contributed by atoms with van der Waals surface area (Å²) < 4.78 is 0. The molecule has 68 valence electrons. The van der Waals surface area contributed by atoms with Crippen molar-refractivity contribution in [3.05, 3.63) is 22.4 Å². The smallest absolute Gasteiger partial charge is 0.0435 e. The molecule has 0 spiro atoms. The minimum atomic E-state index is 0.230. The van der Waals surface area contributed by atoms with Crippen molar-refractivity contribution in [2.75, 3.05) is 13.6 Å². The second kappa shape index (κ2) is 4.85. The highest BCUT2D eigenvalue weighted by Crippen LogP contribution is 2.09. The molecule has 0 aliphatic rings. The minimum Gasteiger partial charge on any atom is -0.301 e. The van der Waals surface area contributed by atoms with Gasteiger partial charge in [0.05, 0.1) is 0 Å². The fourth-order valence-corrected chi connectivity index (χ4v) is 2.08. The first-order valence-electron chi connectivity index (χ1n) is 4.02. The second-order valence-electron chi connectivity index (χ2n) is 3.11. The summed E-state index contributed by atoms with van der Waals surface area (Å²) in [7, 11) is 2.09. The van der Waals surface area contributed by atoms with Gasteiger partial charge in [-0.05, 0) is 36.4 Å². The van der Waals surface area contributed by atoms with Crippen molar-refractivity contribution in [2.24, 2.45) is 0 Å². The standard InChI is InChI=1S/C9H14ClNS/c1-8(10)5-11(2)6-9-3-4-12-7-9/h3-4,7-8H,5-6H2,1-2H3. The van der Waals surface area contributed by atoms with Gasteiger partial charge in [-0.25, -0.2) is 0 Å². The zero-order chi connectivity index (χ0) is 8.97. The lowest BCUT2D eigenvalue weighted by Gasteiger charge is -2.16. The number of thiophene rings is 1. The van der Waals surface area contributed by atoms with Crippen LogP contribution in [0.5, 0.6) is 0 Å². The molecule has 0 aromatic carbocycles. The molecule has 0 amide bonds. The monoisotopic (exact) mass is 203 g/mol. The van der Waals surface area contributed by atoms with Gasteiger partial charge in [0.25, 0.3) is 0 Å². The van der Waals surface area contributed by atoms with Crippen LogP contribution in [0.2, 0.25) is 0 Å². The Hall–Kier alpha value is -0.0500. The van der Waals surface area contributed by atoms with Crippen molar-refractivity contribution >= 4 is 22.9 Å². The van der Waals surface area contributed by atoms with Crippen molar-refractivity contribution in [3.8, 4) is 0 Å². The third-order valence-electron chi connectivity index (χ3n) is 1.60. The first-order valence-corrected chi connectivity index (χ1v) is 5.40. The third-order valence-corrected chi connectivity index (χ3v) is 2.47. The Kier molecular flexibility index (Phi) is 4.06. The van der Waals surface area contributed by atoms with E-state index in [0.29, 0.717) is 0 Å². The number of nitrogens with zero attached hydrogens (tertiary/aromatic N) is 1. The molecule has 1 aromatic heterocycles. The van der Waals surface area contributed by atoms with Gasteiger partial charge in [0.2, 0.25) is 0 Å². The molecule has 0 saturated heterocycles. The third kappa shape index (κ3) is 3.57. The lowest BCUT2D eigenvalue weighted by Crippen LogP contribution is -2.23. The van der Waals surface area contributed by atoms with E-state index in [1.807, 2.05) is 6.92 Å². The molecule has 0 radical (unpaired) electrons. The zero-order valence-corrected chi connectivity index (χ0v) is 9.03. The first-order chi connectivity index (χ1) is 5.68. The van der Waals surface area contributed by atoms with Gasteiger partial charge in [-0.1, -0.05) is 0 Å². The van der Waals surface area contributed by atoms with E-state index >= 15 is 0 Å². The van der Waals surface area contributed by atoms with Crippen LogP contribution in [0.3, 0.4) is 0 Å². The molecule has 0 aliphatic heterocycles. The quantitative estimate of drug-likeness (QED) is 0.681. The first kappa shape index (κ1) is 10.0. The van der Waals surface area contributed by atoms with Crippen molar-refractivity contribution in [3.63, 3.8) is 0 Å². The lowest BCUT2D eigenvalue weighted by atomic mass is 10.3. The highest BCUT2D eigenvalue weighted by molar-refractivity contribution is 7.07. The normalized spacial score (nSPS) is 13.7. The van der Waals surface area contributed by atoms with Crippen LogP contribution in [-0.4, -0.2) is 23.9 Å². The number of rotatable bonds is 4. The molecule has 0 aliphatic carbocycles. The van der Waals surface area contributed by atoms with E-state index in [2.05, 4.69) is 28.8 Å². The number of halogens is 1. The van der Waals surface area contributed by atoms with Gasteiger partial charge in [0.15, 0.2) is 0 Å². The molecule has 1 atom stereocenters. The Morgan fingerprint density at radius 1 is 1.67 bits per heavy atom. The molecular weight excluding hydrogens is 190 g/mol. The van der Waals surface area contributed by atoms with Crippen molar-refractivity contribution < 1.29 is 0 Å². The molecule has 12 heavy (non-hydrogen) atoms. The largest absolute Gasteiger partial charge is 0.301 e. The maximum atomic E-state index is 5.87. The Bertz CT molecular complexity index is 208. The molecule has 1 unspecified atom stereocenters. The van der Waals surface area contributed by atoms with Gasteiger partial charge in [-0.3, -0.25) is 0 Å². The molecule has 0 N–H and O–H groups in total. The van der Waals surface area contributed by atoms with E-state index in [4.69, 9.17) is 11.6 Å². The molecular formula is C9H14ClNS. The van der Waals surface area contributed by atoms with Crippen molar-refractivity contribution in [1.82, 2.24) is 4.90 Å². The Labute approximate surface area is 83.0 Å². The SMILES string of the molecule is CC(Cl)CN(C)Cc1ccsc1. The van der Waals surface area contributed by atoms with Crippen molar-refractivity contribution in [2.45, 2.75) is 18.8 Å². The van der Waals surface area contributed by atoms with Crippen LogP contribution in [0.1, 0.15) is 12.5 Å². The van der Waals surface area contributed by atoms with Gasteiger partial charge in [-0.15, -0.1) is 11.6 Å². The number of hydrogen-bond acceptors (Lipinski definition) is 2. The predicted octanol–water partition coefficient (Wildman–Crippen LogP) is 2.81. The second-order valence-corrected chi connectivity index (χ2v) is 4.63. The maximum absolute atomic E-state index is 5.87. The summed E-state index contributed by atoms with van der Waals surface area (Å²) in [5, 5.41) is 4.51. The topological polar surface area (TPSA) is 3.24 Å². The average molecular weight is 204 g/mol. The zero-order valence-electron chi connectivity index (χ0n) is 7.46. The highest BCUT2D eigenvalue weighted by atomic mass is 35.5. The van der Waals surface area contributed by atoms with Gasteiger partial charge in [0, 0.05) is 18.5 Å². The number of alkyl halides is 1. The van der Waals surface area contributed by atoms with Crippen LogP contribution in [0.15, 0.2) is 16.8 Å². The van der Waals surface area contributed by atoms with Crippen LogP contribution in [-0.2, 0) is 6.54 Å². The molecule has 0 saturated carbocycles. The van der Waals surface area contributed by atoms with Gasteiger partial charge in [0.1, 0.15) is 0 Å². The van der Waals surface area contributed by atoms with E-state index in [1.54, 1.807) is 11.3 Å². The molecule has 1 rings (SSSR count). The predicted molar refractivity (Wildman–Crippen MR) is 56.0 cm³/mol. The van der Waals surface area contributed by atoms with E-state index in [0.717, 1.165) is 13.1 Å². The Morgan fingerprint density at radius 2 is 2.42 bits per heavy atom. The van der Waals surface area contributed by atoms with Crippen LogP contribution in [0.25, 0.3) is 0 Å². The average Bonchev–Trinajstić information content (AvgIpc) is 2.37. The summed E-state index contributed by atoms with van der Waals surface area (Å²) in [5.74, 6) is 0. The molecule has 3 heteroatoms. The van der Waals surface area contributed by atoms with E-state index in [1.165, 1.54) is 5.56 Å². The summed E-state index contributed by atoms with van der Waals surface area (Å²) in [6.45, 7) is 3.96. The van der Waals surface area contributed by atoms with Crippen LogP contribution >= 0.6 is 22.9 Å². The van der Waals surface area contributed by atoms with Gasteiger partial charge in [-0.2, -0.15) is 11.3 Å². The van der Waals surface area contributed by atoms with Crippen LogP contribution < -0.4 is 0 Å². The summed E-state index contributed by atoms with van der Waals surface area (Å²) >= 11 is 7.61. The van der Waals surface area contributed by atoms with Gasteiger partial charge >= 0.3 is 0 Å². The number of hydrogen-bond donors (Lipinski definition) is 0. The van der Waals surface area contributed by atoms with E-state index in [9.17, 15) is 0 Å². The molecule has 1 nitrogen and oxygen atoms in total. The summed E-state index contributed by atoms with van der Waals surface area (Å²) in [4.78, 5) is 2.24. The molecule has 0 fully saturated rings. The molecule has 0 bridgehead atoms. The van der Waals surface area contributed by atoms with E-state index < -0.39 is 0 Å². The molecule has 1 heterocycles.